The first kappa shape index (κ1) is 17.9. The fourth-order valence-corrected chi connectivity index (χ4v) is 8.28. The smallest absolute Gasteiger partial charge is 0.183 e. The van der Waals surface area contributed by atoms with E-state index in [1.54, 1.807) is 5.57 Å². The van der Waals surface area contributed by atoms with E-state index in [1.165, 1.54) is 42.7 Å². The Morgan fingerprint density at radius 3 is 2.96 bits per heavy atom. The van der Waals surface area contributed by atoms with Gasteiger partial charge in [0.1, 0.15) is 0 Å². The maximum absolute atomic E-state index is 10.6. The fourth-order valence-electron chi connectivity index (χ4n) is 7.08. The van der Waals surface area contributed by atoms with Gasteiger partial charge in [0.05, 0.1) is 16.7 Å². The van der Waals surface area contributed by atoms with Crippen molar-refractivity contribution in [2.75, 3.05) is 11.9 Å². The van der Waals surface area contributed by atoms with E-state index in [9.17, 15) is 5.11 Å². The van der Waals surface area contributed by atoms with Crippen LogP contribution >= 0.6 is 11.3 Å². The number of aliphatic hydroxyl groups excluding tert-OH is 1. The van der Waals surface area contributed by atoms with Gasteiger partial charge in [-0.25, -0.2) is 4.98 Å². The van der Waals surface area contributed by atoms with Crippen molar-refractivity contribution in [3.8, 4) is 0 Å². The molecule has 0 saturated heterocycles. The molecular weight excluding hydrogens is 352 g/mol. The van der Waals surface area contributed by atoms with E-state index in [2.05, 4.69) is 31.8 Å². The molecule has 5 rings (SSSR count). The number of aromatic nitrogens is 1. The van der Waals surface area contributed by atoms with Gasteiger partial charge in [-0.15, -0.1) is 6.58 Å². The van der Waals surface area contributed by atoms with E-state index in [0.29, 0.717) is 5.92 Å². The molecule has 27 heavy (non-hydrogen) atoms. The third kappa shape index (κ3) is 2.45. The fraction of sp³-hybridized carbons (Fsp3) is 0.696. The van der Waals surface area contributed by atoms with Gasteiger partial charge in [0, 0.05) is 6.54 Å². The Balaban J connectivity index is 1.50. The minimum Gasteiger partial charge on any atom is -0.393 e. The van der Waals surface area contributed by atoms with Crippen LogP contribution in [0.25, 0.3) is 5.57 Å². The molecule has 3 nitrogen and oxygen atoms in total. The lowest BCUT2D eigenvalue weighted by atomic mass is 9.48. The van der Waals surface area contributed by atoms with Gasteiger partial charge in [-0.2, -0.15) is 0 Å². The average Bonchev–Trinajstić information content (AvgIpc) is 3.20. The van der Waals surface area contributed by atoms with Gasteiger partial charge in [0.15, 0.2) is 5.13 Å². The molecule has 0 aromatic carbocycles. The molecule has 0 amide bonds. The predicted molar refractivity (Wildman–Crippen MR) is 113 cm³/mol. The molecule has 2 saturated carbocycles. The summed E-state index contributed by atoms with van der Waals surface area (Å²) in [5.74, 6) is 2.22. The zero-order valence-electron chi connectivity index (χ0n) is 16.6. The van der Waals surface area contributed by atoms with Gasteiger partial charge < -0.3 is 10.4 Å². The number of hydrogen-bond acceptors (Lipinski definition) is 4. The highest BCUT2D eigenvalue weighted by atomic mass is 32.1. The average molecular weight is 385 g/mol. The van der Waals surface area contributed by atoms with Crippen molar-refractivity contribution in [1.82, 2.24) is 4.98 Å². The summed E-state index contributed by atoms with van der Waals surface area (Å²) in [5.41, 5.74) is 3.32. The van der Waals surface area contributed by atoms with Gasteiger partial charge in [0.25, 0.3) is 0 Å². The second-order valence-corrected chi connectivity index (χ2v) is 10.7. The Kier molecular flexibility index (Phi) is 4.11. The Hall–Kier alpha value is -1.13. The van der Waals surface area contributed by atoms with E-state index in [4.69, 9.17) is 4.98 Å². The first-order chi connectivity index (χ1) is 13.0. The van der Waals surface area contributed by atoms with E-state index in [-0.39, 0.29) is 16.9 Å². The Morgan fingerprint density at radius 1 is 1.30 bits per heavy atom. The molecule has 0 aliphatic heterocycles. The summed E-state index contributed by atoms with van der Waals surface area (Å²) in [6, 6.07) is 0. The van der Waals surface area contributed by atoms with Crippen molar-refractivity contribution in [1.29, 1.82) is 0 Å². The van der Waals surface area contributed by atoms with Crippen molar-refractivity contribution in [3.63, 3.8) is 0 Å². The number of thiazole rings is 1. The van der Waals surface area contributed by atoms with Crippen LogP contribution in [0.2, 0.25) is 0 Å². The molecule has 1 aromatic rings. The third-order valence-corrected chi connectivity index (χ3v) is 9.72. The molecular formula is C23H32N2OS. The summed E-state index contributed by atoms with van der Waals surface area (Å²) >= 11 is 1.84. The summed E-state index contributed by atoms with van der Waals surface area (Å²) in [6.07, 6.45) is 12.6. The summed E-state index contributed by atoms with van der Waals surface area (Å²) in [7, 11) is 0. The van der Waals surface area contributed by atoms with Gasteiger partial charge in [-0.3, -0.25) is 0 Å². The maximum Gasteiger partial charge on any atom is 0.183 e. The lowest BCUT2D eigenvalue weighted by Crippen LogP contribution is -2.50. The summed E-state index contributed by atoms with van der Waals surface area (Å²) in [5, 5.41) is 15.1. The lowest BCUT2D eigenvalue weighted by Gasteiger charge is -2.56. The highest BCUT2D eigenvalue weighted by molar-refractivity contribution is 7.16. The molecule has 1 aromatic heterocycles. The van der Waals surface area contributed by atoms with Crippen LogP contribution in [0.3, 0.4) is 0 Å². The zero-order chi connectivity index (χ0) is 18.8. The van der Waals surface area contributed by atoms with Crippen LogP contribution in [0.5, 0.6) is 0 Å². The summed E-state index contributed by atoms with van der Waals surface area (Å²) in [4.78, 5) is 6.31. The molecule has 0 bridgehead atoms. The van der Waals surface area contributed by atoms with Crippen LogP contribution in [-0.2, 0) is 6.42 Å². The first-order valence-corrected chi connectivity index (χ1v) is 11.5. The van der Waals surface area contributed by atoms with E-state index < -0.39 is 0 Å². The first-order valence-electron chi connectivity index (χ1n) is 10.7. The minimum atomic E-state index is -0.0837. The number of rotatable bonds is 3. The third-order valence-electron chi connectivity index (χ3n) is 8.64. The van der Waals surface area contributed by atoms with E-state index >= 15 is 0 Å². The monoisotopic (exact) mass is 384 g/mol. The molecule has 4 aliphatic carbocycles. The maximum atomic E-state index is 10.6. The van der Waals surface area contributed by atoms with Crippen molar-refractivity contribution in [2.45, 2.75) is 64.9 Å². The number of hydrogen-bond donors (Lipinski definition) is 2. The molecule has 146 valence electrons. The number of allylic oxidation sites excluding steroid dienone is 2. The highest BCUT2D eigenvalue weighted by Gasteiger charge is 2.58. The van der Waals surface area contributed by atoms with Gasteiger partial charge in [0.2, 0.25) is 0 Å². The van der Waals surface area contributed by atoms with E-state index in [1.807, 2.05) is 17.4 Å². The van der Waals surface area contributed by atoms with Crippen molar-refractivity contribution >= 4 is 22.0 Å². The highest BCUT2D eigenvalue weighted by Crippen LogP contribution is 2.66. The number of fused-ring (bicyclic) bond motifs is 7. The second kappa shape index (κ2) is 6.18. The van der Waals surface area contributed by atoms with Crippen LogP contribution in [0.1, 0.15) is 62.9 Å². The lowest BCUT2D eigenvalue weighted by molar-refractivity contribution is -0.0579. The van der Waals surface area contributed by atoms with Gasteiger partial charge in [-0.1, -0.05) is 37.3 Å². The van der Waals surface area contributed by atoms with Gasteiger partial charge >= 0.3 is 0 Å². The Labute approximate surface area is 167 Å². The molecule has 2 N–H and O–H groups in total. The van der Waals surface area contributed by atoms with Crippen LogP contribution < -0.4 is 5.32 Å². The minimum absolute atomic E-state index is 0.0837. The summed E-state index contributed by atoms with van der Waals surface area (Å²) in [6.45, 7) is 9.47. The van der Waals surface area contributed by atoms with Crippen molar-refractivity contribution in [2.24, 2.45) is 28.6 Å². The molecule has 0 unspecified atom stereocenters. The predicted octanol–water partition coefficient (Wildman–Crippen LogP) is 5.28. The Bertz CT molecular complexity index is 798. The SMILES string of the molecule is C=CCNc1nc2c(s1)C1=CC[C@H]3[C@@H]4CC[C@H](O)[C@@]4(C)CC[C@@H]3[C@@]1(C)CC2. The molecule has 2 fully saturated rings. The molecule has 1 heterocycles. The van der Waals surface area contributed by atoms with Crippen molar-refractivity contribution < 1.29 is 5.11 Å². The normalized spacial score (nSPS) is 42.4. The van der Waals surface area contributed by atoms with Crippen LogP contribution in [0, 0.1) is 28.6 Å². The number of anilines is 1. The number of nitrogens with zero attached hydrogens (tertiary/aromatic N) is 1. The number of aliphatic hydroxyl groups is 1. The van der Waals surface area contributed by atoms with Gasteiger partial charge in [-0.05, 0) is 79.1 Å². The zero-order valence-corrected chi connectivity index (χ0v) is 17.4. The molecule has 4 aliphatic rings. The largest absolute Gasteiger partial charge is 0.393 e. The molecule has 0 radical (unpaired) electrons. The summed E-state index contributed by atoms with van der Waals surface area (Å²) < 4.78 is 0. The second-order valence-electron chi connectivity index (χ2n) is 9.75. The van der Waals surface area contributed by atoms with Crippen LogP contribution in [0.15, 0.2) is 18.7 Å². The number of aryl methyl sites for hydroxylation is 1. The molecule has 4 heteroatoms. The van der Waals surface area contributed by atoms with Crippen LogP contribution in [-0.4, -0.2) is 22.7 Å². The van der Waals surface area contributed by atoms with E-state index in [0.717, 1.165) is 36.4 Å². The standard InChI is InChI=1S/C23H32N2OS/c1-4-13-24-21-25-18-10-12-22(2)16-9-11-23(3)15(7-8-19(23)26)14(16)5-6-17(22)20(18)27-21/h4,6,14-16,19,26H,1,5,7-13H2,2-3H3,(H,24,25)/t14-,15-,16-,19-,22+,23-/m0/s1. The molecule has 0 spiro atoms. The topological polar surface area (TPSA) is 45.2 Å². The quantitative estimate of drug-likeness (QED) is 0.697. The number of nitrogens with one attached hydrogen (secondary N) is 1. The Morgan fingerprint density at radius 2 is 2.15 bits per heavy atom. The molecule has 6 atom stereocenters. The van der Waals surface area contributed by atoms with Crippen molar-refractivity contribution in [3.05, 3.63) is 29.3 Å². The van der Waals surface area contributed by atoms with Crippen LogP contribution in [0.4, 0.5) is 5.13 Å².